The number of hydrogen-bond donors (Lipinski definition) is 5. The van der Waals surface area contributed by atoms with Gasteiger partial charge in [-0.15, -0.1) is 0 Å². The minimum absolute atomic E-state index is 0. The Hall–Kier alpha value is -3.38. The van der Waals surface area contributed by atoms with Gasteiger partial charge >= 0.3 is 29.6 Å². The SMILES string of the molecule is NC(N)=N[C@@]1(CCCO)Oc2ccc(cc2)CC[C@@H](S(=O)(=O)[O-])[C@@H]2C=C3C[C@@H](C[C@@H]4O[C@H]3c3ccc(O)cc3C#CC[C@@H]4CO)[C@H]2c2ccc1cc2.[Na+]. The number of allylic oxidation sites excluding steroid dienone is 1. The number of phenols is 1. The van der Waals surface area contributed by atoms with Gasteiger partial charge in [0.25, 0.3) is 0 Å². The van der Waals surface area contributed by atoms with Crippen LogP contribution < -0.4 is 45.8 Å². The maximum atomic E-state index is 13.4. The van der Waals surface area contributed by atoms with Crippen molar-refractivity contribution in [3.63, 3.8) is 0 Å². The quantitative estimate of drug-likeness (QED) is 0.0607. The zero-order valence-electron chi connectivity index (χ0n) is 29.7. The van der Waals surface area contributed by atoms with E-state index in [1.807, 2.05) is 42.5 Å². The number of fused-ring (bicyclic) bond motifs is 7. The minimum atomic E-state index is -4.81. The van der Waals surface area contributed by atoms with Crippen LogP contribution in [-0.4, -0.2) is 58.8 Å². The molecule has 6 aliphatic heterocycles. The molecule has 7 N–H and O–H groups in total. The number of hydrogen-bond acceptors (Lipinski definition) is 9. The molecular weight excluding hydrogens is 706 g/mol. The van der Waals surface area contributed by atoms with Gasteiger partial charge in [0.05, 0.1) is 21.5 Å². The van der Waals surface area contributed by atoms with E-state index in [9.17, 15) is 28.3 Å². The molecule has 3 aromatic rings. The molecule has 8 atom stereocenters. The van der Waals surface area contributed by atoms with E-state index < -0.39 is 45.1 Å². The Morgan fingerprint density at radius 2 is 1.81 bits per heavy atom. The third-order valence-corrected chi connectivity index (χ3v) is 12.4. The van der Waals surface area contributed by atoms with Gasteiger partial charge in [0, 0.05) is 48.7 Å². The Morgan fingerprint density at radius 3 is 2.49 bits per heavy atom. The van der Waals surface area contributed by atoms with E-state index in [2.05, 4.69) is 16.8 Å². The number of aliphatic imine (C=N–C) groups is 1. The van der Waals surface area contributed by atoms with Crippen molar-refractivity contribution in [2.45, 2.75) is 74.0 Å². The van der Waals surface area contributed by atoms with Crippen LogP contribution in [0.1, 0.15) is 78.4 Å². The van der Waals surface area contributed by atoms with Crippen LogP contribution >= 0.6 is 0 Å². The molecule has 1 fully saturated rings. The smallest absolute Gasteiger partial charge is 0.748 e. The monoisotopic (exact) mass is 749 g/mol. The zero-order valence-corrected chi connectivity index (χ0v) is 32.5. The van der Waals surface area contributed by atoms with E-state index in [1.165, 1.54) is 0 Å². The first-order valence-corrected chi connectivity index (χ1v) is 19.3. The van der Waals surface area contributed by atoms with E-state index in [4.69, 9.17) is 20.9 Å². The molecule has 0 amide bonds. The van der Waals surface area contributed by atoms with E-state index in [0.717, 1.165) is 22.3 Å². The van der Waals surface area contributed by atoms with Crippen LogP contribution in [-0.2, 0) is 27.0 Å². The summed E-state index contributed by atoms with van der Waals surface area (Å²) in [6.45, 7) is -0.261. The Balaban J connectivity index is 0.00000481. The molecule has 1 aliphatic carbocycles. The summed E-state index contributed by atoms with van der Waals surface area (Å²) in [5, 5.41) is 29.5. The van der Waals surface area contributed by atoms with Crippen molar-refractivity contribution < 1.29 is 67.3 Å². The number of phenolic OH excluding ortho intramolecular Hbond substituents is 1. The molecule has 53 heavy (non-hydrogen) atoms. The standard InChI is InChI=1S/C40H45N3O8S.Na/c41-39(42)43-40(17-2-18-44)30-10-8-25(9-11-30)37-28-19-29(21-34(37)36(52(47,48)49)16-7-24-5-13-32(51-40)14-6-24)38-33-15-12-31(46)20-26(33)3-1-4-27(23-45)35(22-28)50-38;/h5-6,8-15,20-21,27-28,34-38,44-46H,2,4,7,16-19,22-23H2,(H4,41,42,43)(H,47,48,49);/q;+1/p-1/t27-,28+,34+,35+,36-,37-,38-,40+;/m1./s1. The van der Waals surface area contributed by atoms with Crippen molar-refractivity contribution in [2.24, 2.45) is 34.2 Å². The second-order valence-corrected chi connectivity index (χ2v) is 16.0. The summed E-state index contributed by atoms with van der Waals surface area (Å²) in [5.41, 5.74) is 15.1. The summed E-state index contributed by atoms with van der Waals surface area (Å²) < 4.78 is 53.6. The topological polar surface area (TPSA) is 201 Å². The van der Waals surface area contributed by atoms with Crippen molar-refractivity contribution in [1.82, 2.24) is 0 Å². The van der Waals surface area contributed by atoms with Crippen LogP contribution in [0, 0.1) is 29.6 Å². The van der Waals surface area contributed by atoms with E-state index in [1.54, 1.807) is 30.3 Å². The number of nitrogens with two attached hydrogens (primary N) is 2. The third-order valence-electron chi connectivity index (χ3n) is 11.1. The van der Waals surface area contributed by atoms with Crippen molar-refractivity contribution in [3.8, 4) is 23.3 Å². The van der Waals surface area contributed by atoms with Crippen LogP contribution in [0.4, 0.5) is 0 Å². The van der Waals surface area contributed by atoms with Crippen LogP contribution in [0.25, 0.3) is 0 Å². The Labute approximate surface area is 332 Å². The van der Waals surface area contributed by atoms with E-state index >= 15 is 0 Å². The fourth-order valence-electron chi connectivity index (χ4n) is 8.73. The van der Waals surface area contributed by atoms with Gasteiger partial charge in [0.2, 0.25) is 5.72 Å². The fourth-order valence-corrected chi connectivity index (χ4v) is 9.77. The maximum absolute atomic E-state index is 13.4. The molecule has 7 aliphatic rings. The number of aliphatic hydroxyl groups is 2. The molecule has 0 saturated carbocycles. The number of rotatable bonds is 6. The summed E-state index contributed by atoms with van der Waals surface area (Å²) in [7, 11) is -4.81. The van der Waals surface area contributed by atoms with Gasteiger partial charge in [-0.05, 0) is 90.8 Å². The third kappa shape index (κ3) is 8.19. The summed E-state index contributed by atoms with van der Waals surface area (Å²) in [6.07, 6.45) is 3.41. The Morgan fingerprint density at radius 1 is 1.06 bits per heavy atom. The van der Waals surface area contributed by atoms with Crippen LogP contribution in [0.15, 0.2) is 83.4 Å². The minimum Gasteiger partial charge on any atom is -0.748 e. The largest absolute Gasteiger partial charge is 1.00 e. The summed E-state index contributed by atoms with van der Waals surface area (Å²) in [6, 6.07) is 19.8. The van der Waals surface area contributed by atoms with Gasteiger partial charge in [-0.25, -0.2) is 13.4 Å². The van der Waals surface area contributed by atoms with Crippen LogP contribution in [0.2, 0.25) is 0 Å². The molecular formula is C40H44N3NaO8S. The Bertz CT molecular complexity index is 2020. The molecule has 11 nitrogen and oxygen atoms in total. The predicted octanol–water partition coefficient (Wildman–Crippen LogP) is 1.07. The molecule has 8 bridgehead atoms. The number of benzene rings is 3. The van der Waals surface area contributed by atoms with Crippen LogP contribution in [0.5, 0.6) is 11.5 Å². The van der Waals surface area contributed by atoms with Crippen molar-refractivity contribution in [1.29, 1.82) is 0 Å². The molecule has 10 rings (SSSR count). The van der Waals surface area contributed by atoms with Gasteiger partial charge in [-0.1, -0.05) is 60.4 Å². The molecule has 274 valence electrons. The molecule has 0 unspecified atom stereocenters. The number of aliphatic hydroxyl groups excluding tert-OH is 2. The number of guanidine groups is 1. The number of nitrogens with zero attached hydrogens (tertiary/aromatic N) is 1. The normalized spacial score (nSPS) is 28.9. The van der Waals surface area contributed by atoms with E-state index in [0.29, 0.717) is 49.0 Å². The summed E-state index contributed by atoms with van der Waals surface area (Å²) >= 11 is 0. The van der Waals surface area contributed by atoms with Crippen molar-refractivity contribution in [3.05, 3.63) is 106 Å². The number of aryl methyl sites for hydroxylation is 1. The number of ether oxygens (including phenoxy) is 2. The molecule has 0 radical (unpaired) electrons. The second kappa shape index (κ2) is 16.2. The van der Waals surface area contributed by atoms with Crippen LogP contribution in [0.3, 0.4) is 0 Å². The van der Waals surface area contributed by atoms with Gasteiger partial charge in [0.15, 0.2) is 5.96 Å². The van der Waals surface area contributed by atoms with Crippen molar-refractivity contribution in [2.75, 3.05) is 13.2 Å². The first-order chi connectivity index (χ1) is 25.0. The van der Waals surface area contributed by atoms with Crippen molar-refractivity contribution >= 4 is 16.1 Å². The van der Waals surface area contributed by atoms with Gasteiger partial charge < -0.3 is 40.8 Å². The van der Waals surface area contributed by atoms with Gasteiger partial charge in [-0.3, -0.25) is 0 Å². The average Bonchev–Trinajstić information content (AvgIpc) is 3.20. The molecule has 0 aromatic heterocycles. The molecule has 6 heterocycles. The average molecular weight is 750 g/mol. The van der Waals surface area contributed by atoms with Gasteiger partial charge in [0.1, 0.15) is 17.6 Å². The molecule has 0 spiro atoms. The second-order valence-electron chi connectivity index (χ2n) is 14.4. The zero-order chi connectivity index (χ0) is 36.6. The van der Waals surface area contributed by atoms with Gasteiger partial charge in [-0.2, -0.15) is 0 Å². The molecule has 3 aromatic carbocycles. The summed E-state index contributed by atoms with van der Waals surface area (Å²) in [5.74, 6) is 5.15. The first kappa shape index (κ1) is 39.3. The predicted molar refractivity (Wildman–Crippen MR) is 194 cm³/mol. The first-order valence-electron chi connectivity index (χ1n) is 17.8. The number of aromatic hydroxyl groups is 1. The summed E-state index contributed by atoms with van der Waals surface area (Å²) in [4.78, 5) is 4.58. The fraction of sp³-hybridized carbons (Fsp3) is 0.425. The molecule has 1 saturated heterocycles. The maximum Gasteiger partial charge on any atom is 1.00 e. The molecule has 13 heteroatoms. The Kier molecular flexibility index (Phi) is 12.0. The van der Waals surface area contributed by atoms with E-state index in [-0.39, 0.29) is 79.2 Å².